The van der Waals surface area contributed by atoms with E-state index >= 15 is 0 Å². The third-order valence-corrected chi connectivity index (χ3v) is 6.39. The first-order chi connectivity index (χ1) is 19.5. The third kappa shape index (κ3) is 6.56. The Labute approximate surface area is 229 Å². The predicted octanol–water partition coefficient (Wildman–Crippen LogP) is 4.94. The van der Waals surface area contributed by atoms with Crippen molar-refractivity contribution in [3.63, 3.8) is 0 Å². The summed E-state index contributed by atoms with van der Waals surface area (Å²) in [6, 6.07) is 10.2. The third-order valence-electron chi connectivity index (χ3n) is 6.39. The van der Waals surface area contributed by atoms with Crippen LogP contribution in [0, 0.1) is 11.6 Å². The standard InChI is InChI=1S/C29H28F2N6O3/c1-2-28(38)36-26-16-22-25(17-27(26)40-11-3-8-37-9-12-39-13-10-37)33-18-34-29(22)35-20-6-7-32-24(15-20)21-5-4-19(30)14-23(21)31/h2,4-7,14-18H,1,3,8-13H2,(H,36,38)(H,32,33,34,35). The molecule has 0 aliphatic carbocycles. The number of nitrogens with one attached hydrogen (secondary N) is 2. The Bertz CT molecular complexity index is 1530. The molecule has 11 heteroatoms. The lowest BCUT2D eigenvalue weighted by Gasteiger charge is -2.26. The van der Waals surface area contributed by atoms with Gasteiger partial charge in [0.25, 0.3) is 0 Å². The van der Waals surface area contributed by atoms with Gasteiger partial charge in [0.2, 0.25) is 5.91 Å². The minimum atomic E-state index is -0.711. The fourth-order valence-corrected chi connectivity index (χ4v) is 4.37. The molecule has 2 aromatic carbocycles. The van der Waals surface area contributed by atoms with E-state index in [4.69, 9.17) is 9.47 Å². The predicted molar refractivity (Wildman–Crippen MR) is 149 cm³/mol. The van der Waals surface area contributed by atoms with E-state index in [0.29, 0.717) is 46.1 Å². The van der Waals surface area contributed by atoms with Crippen LogP contribution in [0.5, 0.6) is 5.75 Å². The van der Waals surface area contributed by atoms with E-state index in [2.05, 4.69) is 37.1 Å². The SMILES string of the molecule is C=CC(=O)Nc1cc2c(Nc3ccnc(-c4ccc(F)cc4F)c3)ncnc2cc1OCCCN1CCOCC1. The molecular weight excluding hydrogens is 518 g/mol. The van der Waals surface area contributed by atoms with E-state index in [1.54, 1.807) is 24.3 Å². The van der Waals surface area contributed by atoms with Crippen LogP contribution in [-0.4, -0.2) is 65.2 Å². The largest absolute Gasteiger partial charge is 0.491 e. The molecular formula is C29H28F2N6O3. The van der Waals surface area contributed by atoms with Crippen molar-refractivity contribution in [2.24, 2.45) is 0 Å². The Balaban J connectivity index is 1.39. The normalized spacial score (nSPS) is 13.7. The van der Waals surface area contributed by atoms with Gasteiger partial charge in [0.1, 0.15) is 29.5 Å². The number of rotatable bonds is 10. The molecule has 0 radical (unpaired) electrons. The molecule has 3 heterocycles. The van der Waals surface area contributed by atoms with Crippen molar-refractivity contribution in [2.75, 3.05) is 50.1 Å². The summed E-state index contributed by atoms with van der Waals surface area (Å²) in [5.41, 5.74) is 2.12. The van der Waals surface area contributed by atoms with Crippen LogP contribution in [0.3, 0.4) is 0 Å². The Morgan fingerprint density at radius 2 is 1.95 bits per heavy atom. The lowest BCUT2D eigenvalue weighted by atomic mass is 10.1. The highest BCUT2D eigenvalue weighted by Crippen LogP contribution is 2.34. The van der Waals surface area contributed by atoms with Crippen LogP contribution < -0.4 is 15.4 Å². The van der Waals surface area contributed by atoms with Crippen molar-refractivity contribution in [3.8, 4) is 17.0 Å². The van der Waals surface area contributed by atoms with Gasteiger partial charge in [0, 0.05) is 54.6 Å². The average molecular weight is 547 g/mol. The number of hydrogen-bond acceptors (Lipinski definition) is 8. The maximum atomic E-state index is 14.3. The van der Waals surface area contributed by atoms with Crippen LogP contribution in [0.1, 0.15) is 6.42 Å². The van der Waals surface area contributed by atoms with Crippen LogP contribution >= 0.6 is 0 Å². The second-order valence-electron chi connectivity index (χ2n) is 9.12. The summed E-state index contributed by atoms with van der Waals surface area (Å²) in [7, 11) is 0. The first-order valence-electron chi connectivity index (χ1n) is 12.8. The van der Waals surface area contributed by atoms with Crippen molar-refractivity contribution >= 4 is 34.0 Å². The molecule has 2 N–H and O–H groups in total. The topological polar surface area (TPSA) is 102 Å². The summed E-state index contributed by atoms with van der Waals surface area (Å²) in [6.07, 6.45) is 4.92. The first-order valence-corrected chi connectivity index (χ1v) is 12.8. The van der Waals surface area contributed by atoms with Crippen LogP contribution in [0.25, 0.3) is 22.2 Å². The van der Waals surface area contributed by atoms with Crippen molar-refractivity contribution in [3.05, 3.63) is 79.3 Å². The molecule has 1 amide bonds. The smallest absolute Gasteiger partial charge is 0.247 e. The number of pyridine rings is 1. The highest BCUT2D eigenvalue weighted by Gasteiger charge is 2.15. The molecule has 0 saturated carbocycles. The summed E-state index contributed by atoms with van der Waals surface area (Å²) < 4.78 is 39.2. The average Bonchev–Trinajstić information content (AvgIpc) is 2.96. The van der Waals surface area contributed by atoms with Gasteiger partial charge in [-0.25, -0.2) is 18.7 Å². The van der Waals surface area contributed by atoms with E-state index in [1.165, 1.54) is 30.7 Å². The summed E-state index contributed by atoms with van der Waals surface area (Å²) in [5, 5.41) is 6.63. The van der Waals surface area contributed by atoms with Gasteiger partial charge >= 0.3 is 0 Å². The highest BCUT2D eigenvalue weighted by atomic mass is 19.1. The molecule has 206 valence electrons. The molecule has 1 aliphatic heterocycles. The van der Waals surface area contributed by atoms with Crippen molar-refractivity contribution in [2.45, 2.75) is 6.42 Å². The Morgan fingerprint density at radius 3 is 2.75 bits per heavy atom. The number of carbonyl (C=O) groups is 1. The zero-order valence-corrected chi connectivity index (χ0v) is 21.7. The van der Waals surface area contributed by atoms with E-state index in [1.807, 2.05) is 0 Å². The van der Waals surface area contributed by atoms with E-state index in [9.17, 15) is 13.6 Å². The molecule has 40 heavy (non-hydrogen) atoms. The summed E-state index contributed by atoms with van der Waals surface area (Å²) >= 11 is 0. The first kappa shape index (κ1) is 27.1. The molecule has 0 bridgehead atoms. The summed E-state index contributed by atoms with van der Waals surface area (Å²) in [5.74, 6) is -0.828. The van der Waals surface area contributed by atoms with Gasteiger partial charge in [-0.3, -0.25) is 14.7 Å². The molecule has 2 aromatic heterocycles. The number of fused-ring (bicyclic) bond motifs is 1. The van der Waals surface area contributed by atoms with Crippen molar-refractivity contribution in [1.82, 2.24) is 19.9 Å². The fourth-order valence-electron chi connectivity index (χ4n) is 4.37. The van der Waals surface area contributed by atoms with Gasteiger partial charge in [0.15, 0.2) is 0 Å². The number of aromatic nitrogens is 3. The maximum Gasteiger partial charge on any atom is 0.247 e. The highest BCUT2D eigenvalue weighted by molar-refractivity contribution is 6.03. The van der Waals surface area contributed by atoms with Gasteiger partial charge < -0.3 is 20.1 Å². The van der Waals surface area contributed by atoms with Crippen LogP contribution in [0.4, 0.5) is 26.0 Å². The molecule has 0 unspecified atom stereocenters. The Kier molecular flexibility index (Phi) is 8.53. The zero-order chi connectivity index (χ0) is 27.9. The van der Waals surface area contributed by atoms with Gasteiger partial charge in [0.05, 0.1) is 36.7 Å². The molecule has 0 atom stereocenters. The molecule has 1 aliphatic rings. The van der Waals surface area contributed by atoms with E-state index < -0.39 is 11.6 Å². The molecule has 4 aromatic rings. The number of carbonyl (C=O) groups excluding carboxylic acids is 1. The van der Waals surface area contributed by atoms with Gasteiger partial charge in [-0.15, -0.1) is 0 Å². The number of nitrogens with zero attached hydrogens (tertiary/aromatic N) is 4. The van der Waals surface area contributed by atoms with E-state index in [0.717, 1.165) is 45.3 Å². The van der Waals surface area contributed by atoms with Gasteiger partial charge in [-0.05, 0) is 42.8 Å². The molecule has 9 nitrogen and oxygen atoms in total. The molecule has 0 spiro atoms. The van der Waals surface area contributed by atoms with Gasteiger partial charge in [-0.1, -0.05) is 6.58 Å². The lowest BCUT2D eigenvalue weighted by molar-refractivity contribution is -0.111. The summed E-state index contributed by atoms with van der Waals surface area (Å²) in [6.45, 7) is 8.16. The second kappa shape index (κ2) is 12.6. The molecule has 1 saturated heterocycles. The number of morpholine rings is 1. The number of halogens is 2. The Morgan fingerprint density at radius 1 is 1.10 bits per heavy atom. The minimum absolute atomic E-state index is 0.169. The van der Waals surface area contributed by atoms with Crippen LogP contribution in [-0.2, 0) is 9.53 Å². The van der Waals surface area contributed by atoms with E-state index in [-0.39, 0.29) is 11.5 Å². The number of ether oxygens (including phenoxy) is 2. The van der Waals surface area contributed by atoms with Crippen LogP contribution in [0.15, 0.2) is 67.6 Å². The number of anilines is 3. The maximum absolute atomic E-state index is 14.3. The monoisotopic (exact) mass is 546 g/mol. The molecule has 1 fully saturated rings. The van der Waals surface area contributed by atoms with Crippen molar-refractivity contribution < 1.29 is 23.0 Å². The minimum Gasteiger partial charge on any atom is -0.491 e. The number of benzene rings is 2. The zero-order valence-electron chi connectivity index (χ0n) is 21.7. The fraction of sp³-hybridized carbons (Fsp3) is 0.241. The van der Waals surface area contributed by atoms with Gasteiger partial charge in [-0.2, -0.15) is 0 Å². The Hall–Kier alpha value is -4.48. The number of hydrogen-bond donors (Lipinski definition) is 2. The second-order valence-corrected chi connectivity index (χ2v) is 9.12. The van der Waals surface area contributed by atoms with Crippen LogP contribution in [0.2, 0.25) is 0 Å². The number of amides is 1. The van der Waals surface area contributed by atoms with Crippen molar-refractivity contribution in [1.29, 1.82) is 0 Å². The molecule has 5 rings (SSSR count). The lowest BCUT2D eigenvalue weighted by Crippen LogP contribution is -2.37. The summed E-state index contributed by atoms with van der Waals surface area (Å²) in [4.78, 5) is 27.5. The quantitative estimate of drug-likeness (QED) is 0.213.